The van der Waals surface area contributed by atoms with Crippen molar-refractivity contribution in [1.29, 1.82) is 0 Å². The standard InChI is InChI=1S/C12H19FN2/c1-4-11(8(2)3)15-12-6-5-9(13)7-10(12)14/h5-8,11,15H,4,14H2,1-3H3. The number of rotatable bonds is 4. The maximum absolute atomic E-state index is 12.8. The molecule has 1 rings (SSSR count). The maximum atomic E-state index is 12.8. The van der Waals surface area contributed by atoms with Gasteiger partial charge in [-0.2, -0.15) is 0 Å². The third kappa shape index (κ3) is 3.11. The second kappa shape index (κ2) is 5.01. The van der Waals surface area contributed by atoms with E-state index in [0.29, 0.717) is 17.6 Å². The van der Waals surface area contributed by atoms with Crippen LogP contribution in [0.5, 0.6) is 0 Å². The number of halogens is 1. The molecule has 0 bridgehead atoms. The van der Waals surface area contributed by atoms with Crippen LogP contribution < -0.4 is 11.1 Å². The number of hydrogen-bond acceptors (Lipinski definition) is 2. The van der Waals surface area contributed by atoms with Gasteiger partial charge in [0.05, 0.1) is 11.4 Å². The van der Waals surface area contributed by atoms with Gasteiger partial charge in [-0.05, 0) is 30.5 Å². The van der Waals surface area contributed by atoms with Crippen molar-refractivity contribution in [3.63, 3.8) is 0 Å². The van der Waals surface area contributed by atoms with Gasteiger partial charge in [-0.15, -0.1) is 0 Å². The molecule has 15 heavy (non-hydrogen) atoms. The van der Waals surface area contributed by atoms with E-state index in [4.69, 9.17) is 5.73 Å². The van der Waals surface area contributed by atoms with Gasteiger partial charge in [-0.3, -0.25) is 0 Å². The van der Waals surface area contributed by atoms with Crippen molar-refractivity contribution in [2.45, 2.75) is 33.2 Å². The van der Waals surface area contributed by atoms with E-state index >= 15 is 0 Å². The first-order chi connectivity index (χ1) is 7.04. The van der Waals surface area contributed by atoms with Crippen LogP contribution >= 0.6 is 0 Å². The quantitative estimate of drug-likeness (QED) is 0.749. The summed E-state index contributed by atoms with van der Waals surface area (Å²) in [6.45, 7) is 6.43. The highest BCUT2D eigenvalue weighted by Crippen LogP contribution is 2.22. The maximum Gasteiger partial charge on any atom is 0.125 e. The van der Waals surface area contributed by atoms with Crippen LogP contribution in [-0.2, 0) is 0 Å². The van der Waals surface area contributed by atoms with Crippen molar-refractivity contribution in [3.05, 3.63) is 24.0 Å². The first-order valence-corrected chi connectivity index (χ1v) is 5.36. The first kappa shape index (κ1) is 11.8. The Morgan fingerprint density at radius 1 is 1.40 bits per heavy atom. The number of benzene rings is 1. The van der Waals surface area contributed by atoms with Gasteiger partial charge in [0.2, 0.25) is 0 Å². The Morgan fingerprint density at radius 2 is 2.07 bits per heavy atom. The number of nitrogens with two attached hydrogens (primary N) is 1. The average molecular weight is 210 g/mol. The Morgan fingerprint density at radius 3 is 2.53 bits per heavy atom. The highest BCUT2D eigenvalue weighted by Gasteiger charge is 2.11. The molecule has 0 aliphatic heterocycles. The van der Waals surface area contributed by atoms with Gasteiger partial charge in [0.1, 0.15) is 5.82 Å². The van der Waals surface area contributed by atoms with Gasteiger partial charge in [0.25, 0.3) is 0 Å². The Labute approximate surface area is 90.7 Å². The van der Waals surface area contributed by atoms with Gasteiger partial charge in [-0.25, -0.2) is 4.39 Å². The number of nitrogens with one attached hydrogen (secondary N) is 1. The van der Waals surface area contributed by atoms with Crippen LogP contribution in [0, 0.1) is 11.7 Å². The summed E-state index contributed by atoms with van der Waals surface area (Å²) < 4.78 is 12.8. The van der Waals surface area contributed by atoms with Crippen LogP contribution in [0.2, 0.25) is 0 Å². The fourth-order valence-corrected chi connectivity index (χ4v) is 1.60. The van der Waals surface area contributed by atoms with E-state index in [2.05, 4.69) is 26.1 Å². The minimum Gasteiger partial charge on any atom is -0.397 e. The largest absolute Gasteiger partial charge is 0.397 e. The lowest BCUT2D eigenvalue weighted by Crippen LogP contribution is -2.25. The van der Waals surface area contributed by atoms with Crippen LogP contribution in [0.4, 0.5) is 15.8 Å². The van der Waals surface area contributed by atoms with E-state index in [-0.39, 0.29) is 5.82 Å². The number of anilines is 2. The first-order valence-electron chi connectivity index (χ1n) is 5.36. The smallest absolute Gasteiger partial charge is 0.125 e. The topological polar surface area (TPSA) is 38.0 Å². The summed E-state index contributed by atoms with van der Waals surface area (Å²) in [4.78, 5) is 0. The molecule has 1 aromatic carbocycles. The molecule has 84 valence electrons. The monoisotopic (exact) mass is 210 g/mol. The molecule has 0 saturated carbocycles. The third-order valence-corrected chi connectivity index (χ3v) is 2.60. The van der Waals surface area contributed by atoms with E-state index in [1.165, 1.54) is 12.1 Å². The summed E-state index contributed by atoms with van der Waals surface area (Å²) in [6.07, 6.45) is 1.02. The minimum atomic E-state index is -0.296. The van der Waals surface area contributed by atoms with Crippen LogP contribution in [0.15, 0.2) is 18.2 Å². The SMILES string of the molecule is CCC(Nc1ccc(F)cc1N)C(C)C. The zero-order chi connectivity index (χ0) is 11.4. The van der Waals surface area contributed by atoms with Gasteiger partial charge in [-0.1, -0.05) is 20.8 Å². The van der Waals surface area contributed by atoms with Crippen molar-refractivity contribution >= 4 is 11.4 Å². The second-order valence-corrected chi connectivity index (χ2v) is 4.13. The molecule has 3 N–H and O–H groups in total. The van der Waals surface area contributed by atoms with Crippen LogP contribution in [0.3, 0.4) is 0 Å². The summed E-state index contributed by atoms with van der Waals surface area (Å²) in [5, 5.41) is 3.33. The second-order valence-electron chi connectivity index (χ2n) is 4.13. The van der Waals surface area contributed by atoms with Crippen LogP contribution in [0.1, 0.15) is 27.2 Å². The van der Waals surface area contributed by atoms with Gasteiger partial charge in [0.15, 0.2) is 0 Å². The van der Waals surface area contributed by atoms with E-state index in [1.807, 2.05) is 0 Å². The lowest BCUT2D eigenvalue weighted by molar-refractivity contribution is 0.511. The van der Waals surface area contributed by atoms with E-state index in [0.717, 1.165) is 12.1 Å². The molecule has 2 nitrogen and oxygen atoms in total. The van der Waals surface area contributed by atoms with Crippen molar-refractivity contribution in [2.24, 2.45) is 5.92 Å². The minimum absolute atomic E-state index is 0.296. The molecule has 3 heteroatoms. The molecule has 0 saturated heterocycles. The molecule has 0 spiro atoms. The lowest BCUT2D eigenvalue weighted by Gasteiger charge is -2.22. The van der Waals surface area contributed by atoms with Gasteiger partial charge >= 0.3 is 0 Å². The zero-order valence-corrected chi connectivity index (χ0v) is 9.55. The summed E-state index contributed by atoms with van der Waals surface area (Å²) in [5.41, 5.74) is 7.01. The Kier molecular flexibility index (Phi) is 3.95. The molecule has 0 aliphatic rings. The molecule has 0 amide bonds. The Bertz CT molecular complexity index is 323. The highest BCUT2D eigenvalue weighted by molar-refractivity contribution is 5.66. The average Bonchev–Trinajstić information content (AvgIpc) is 2.16. The van der Waals surface area contributed by atoms with E-state index in [9.17, 15) is 4.39 Å². The molecular formula is C12H19FN2. The fraction of sp³-hybridized carbons (Fsp3) is 0.500. The third-order valence-electron chi connectivity index (χ3n) is 2.60. The summed E-state index contributed by atoms with van der Waals surface area (Å²) >= 11 is 0. The molecule has 1 atom stereocenters. The van der Waals surface area contributed by atoms with E-state index < -0.39 is 0 Å². The summed E-state index contributed by atoms with van der Waals surface area (Å²) in [6, 6.07) is 4.83. The molecular weight excluding hydrogens is 191 g/mol. The lowest BCUT2D eigenvalue weighted by atomic mass is 10.0. The predicted octanol–water partition coefficient (Wildman–Crippen LogP) is 3.25. The molecule has 0 heterocycles. The fourth-order valence-electron chi connectivity index (χ4n) is 1.60. The number of nitrogen functional groups attached to an aromatic ring is 1. The summed E-state index contributed by atoms with van der Waals surface area (Å²) in [5.74, 6) is 0.232. The Hall–Kier alpha value is -1.25. The van der Waals surface area contributed by atoms with Crippen molar-refractivity contribution < 1.29 is 4.39 Å². The molecule has 0 aliphatic carbocycles. The Balaban J connectivity index is 2.79. The van der Waals surface area contributed by atoms with Crippen molar-refractivity contribution in [3.8, 4) is 0 Å². The normalized spacial score (nSPS) is 12.9. The van der Waals surface area contributed by atoms with Crippen molar-refractivity contribution in [2.75, 3.05) is 11.1 Å². The molecule has 0 aromatic heterocycles. The highest BCUT2D eigenvalue weighted by atomic mass is 19.1. The zero-order valence-electron chi connectivity index (χ0n) is 9.55. The van der Waals surface area contributed by atoms with Gasteiger partial charge in [0, 0.05) is 6.04 Å². The summed E-state index contributed by atoms with van der Waals surface area (Å²) in [7, 11) is 0. The van der Waals surface area contributed by atoms with Crippen LogP contribution in [-0.4, -0.2) is 6.04 Å². The molecule has 0 fully saturated rings. The van der Waals surface area contributed by atoms with Crippen LogP contribution in [0.25, 0.3) is 0 Å². The molecule has 1 unspecified atom stereocenters. The van der Waals surface area contributed by atoms with Crippen molar-refractivity contribution in [1.82, 2.24) is 0 Å². The van der Waals surface area contributed by atoms with E-state index in [1.54, 1.807) is 6.07 Å². The number of hydrogen-bond donors (Lipinski definition) is 2. The van der Waals surface area contributed by atoms with Gasteiger partial charge < -0.3 is 11.1 Å². The predicted molar refractivity (Wildman–Crippen MR) is 63.4 cm³/mol. The molecule has 1 aromatic rings. The molecule has 0 radical (unpaired) electrons.